The molecular weight excluding hydrogens is 328 g/mol. The summed E-state index contributed by atoms with van der Waals surface area (Å²) < 4.78 is 5.83. The first-order valence-corrected chi connectivity index (χ1v) is 9.41. The minimum absolute atomic E-state index is 0.265. The zero-order valence-corrected chi connectivity index (χ0v) is 14.9. The van der Waals surface area contributed by atoms with E-state index in [1.54, 1.807) is 0 Å². The normalized spacial score (nSPS) is 21.7. The Morgan fingerprint density at radius 2 is 2.04 bits per heavy atom. The molecule has 3 aliphatic rings. The number of fused-ring (bicyclic) bond motifs is 2. The number of aryl methyl sites for hydroxylation is 1. The average molecular weight is 350 g/mol. The van der Waals surface area contributed by atoms with Crippen LogP contribution >= 0.6 is 0 Å². The maximum Gasteiger partial charge on any atom is 0.302 e. The summed E-state index contributed by atoms with van der Waals surface area (Å²) in [6, 6.07) is 6.37. The second kappa shape index (κ2) is 5.69. The van der Waals surface area contributed by atoms with Crippen molar-refractivity contribution in [3.05, 3.63) is 35.0 Å². The molecular formula is C20H22N4O2. The molecule has 1 spiro atoms. The molecule has 5 rings (SSSR count). The van der Waals surface area contributed by atoms with E-state index in [4.69, 9.17) is 9.41 Å². The van der Waals surface area contributed by atoms with Crippen LogP contribution < -0.4 is 10.6 Å². The van der Waals surface area contributed by atoms with Crippen molar-refractivity contribution in [2.45, 2.75) is 57.4 Å². The number of anilines is 1. The maximum atomic E-state index is 12.6. The van der Waals surface area contributed by atoms with Gasteiger partial charge in [-0.3, -0.25) is 10.1 Å². The summed E-state index contributed by atoms with van der Waals surface area (Å²) in [5.74, 6) is 0.907. The molecule has 1 aliphatic heterocycles. The van der Waals surface area contributed by atoms with Gasteiger partial charge in [0.1, 0.15) is 5.52 Å². The van der Waals surface area contributed by atoms with Gasteiger partial charge >= 0.3 is 6.01 Å². The molecule has 1 aromatic heterocycles. The quantitative estimate of drug-likeness (QED) is 0.817. The van der Waals surface area contributed by atoms with Crippen LogP contribution in [-0.2, 0) is 4.79 Å². The largest absolute Gasteiger partial charge is 0.423 e. The van der Waals surface area contributed by atoms with Crippen LogP contribution in [0.3, 0.4) is 0 Å². The number of aromatic nitrogens is 1. The number of hydrogen-bond donors (Lipinski definition) is 2. The molecule has 2 N–H and O–H groups in total. The second-order valence-corrected chi connectivity index (χ2v) is 7.57. The van der Waals surface area contributed by atoms with Gasteiger partial charge in [0, 0.05) is 17.7 Å². The van der Waals surface area contributed by atoms with Gasteiger partial charge in [0.2, 0.25) is 5.96 Å². The third-order valence-corrected chi connectivity index (χ3v) is 5.67. The van der Waals surface area contributed by atoms with E-state index in [2.05, 4.69) is 15.6 Å². The number of carbonyl (C=O) groups is 1. The molecule has 1 fully saturated rings. The zero-order valence-electron chi connectivity index (χ0n) is 14.9. The van der Waals surface area contributed by atoms with Crippen molar-refractivity contribution in [3.63, 3.8) is 0 Å². The number of rotatable bonds is 1. The summed E-state index contributed by atoms with van der Waals surface area (Å²) in [6.07, 6.45) is 6.55. The summed E-state index contributed by atoms with van der Waals surface area (Å²) in [4.78, 5) is 22.0. The number of ketones is 1. The van der Waals surface area contributed by atoms with Crippen molar-refractivity contribution in [2.75, 3.05) is 5.32 Å². The van der Waals surface area contributed by atoms with E-state index in [1.807, 2.05) is 25.1 Å². The van der Waals surface area contributed by atoms with Crippen LogP contribution in [0.15, 0.2) is 38.9 Å². The molecule has 0 atom stereocenters. The lowest BCUT2D eigenvalue weighted by Crippen LogP contribution is -2.46. The third-order valence-electron chi connectivity index (χ3n) is 5.67. The summed E-state index contributed by atoms with van der Waals surface area (Å²) in [5, 5.41) is 6.54. The Kier molecular flexibility index (Phi) is 3.42. The van der Waals surface area contributed by atoms with Crippen molar-refractivity contribution in [2.24, 2.45) is 4.99 Å². The molecule has 0 amide bonds. The van der Waals surface area contributed by atoms with Gasteiger partial charge in [-0.2, -0.15) is 4.98 Å². The Morgan fingerprint density at radius 1 is 1.19 bits per heavy atom. The van der Waals surface area contributed by atoms with Crippen molar-refractivity contribution in [1.82, 2.24) is 10.3 Å². The fourth-order valence-corrected chi connectivity index (χ4v) is 4.52. The fourth-order valence-electron chi connectivity index (χ4n) is 4.52. The van der Waals surface area contributed by atoms with E-state index >= 15 is 0 Å². The molecule has 26 heavy (non-hydrogen) atoms. The highest BCUT2D eigenvalue weighted by Crippen LogP contribution is 2.45. The summed E-state index contributed by atoms with van der Waals surface area (Å²) in [7, 11) is 0. The molecule has 1 aromatic carbocycles. The maximum absolute atomic E-state index is 12.6. The highest BCUT2D eigenvalue weighted by molar-refractivity contribution is 6.04. The molecule has 0 bridgehead atoms. The number of carbonyl (C=O) groups excluding carboxylic acids is 1. The molecule has 6 heteroatoms. The van der Waals surface area contributed by atoms with E-state index in [0.717, 1.165) is 66.5 Å². The Morgan fingerprint density at radius 3 is 2.88 bits per heavy atom. The van der Waals surface area contributed by atoms with Gasteiger partial charge in [-0.1, -0.05) is 18.9 Å². The van der Waals surface area contributed by atoms with Gasteiger partial charge in [0.15, 0.2) is 11.4 Å². The first-order valence-electron chi connectivity index (χ1n) is 9.41. The monoisotopic (exact) mass is 350 g/mol. The molecule has 1 saturated carbocycles. The number of aliphatic imine (C=N–C) groups is 1. The molecule has 6 nitrogen and oxygen atoms in total. The van der Waals surface area contributed by atoms with E-state index < -0.39 is 0 Å². The van der Waals surface area contributed by atoms with E-state index in [-0.39, 0.29) is 11.3 Å². The minimum atomic E-state index is -0.358. The Bertz CT molecular complexity index is 963. The first kappa shape index (κ1) is 15.6. The van der Waals surface area contributed by atoms with Gasteiger partial charge < -0.3 is 9.73 Å². The molecule has 134 valence electrons. The summed E-state index contributed by atoms with van der Waals surface area (Å²) in [5.41, 5.74) is 4.31. The van der Waals surface area contributed by atoms with E-state index in [0.29, 0.717) is 18.4 Å². The van der Waals surface area contributed by atoms with Gasteiger partial charge in [0.05, 0.1) is 5.54 Å². The Balaban J connectivity index is 1.50. The predicted molar refractivity (Wildman–Crippen MR) is 100 cm³/mol. The Hall–Kier alpha value is -2.63. The topological polar surface area (TPSA) is 79.5 Å². The number of nitrogens with one attached hydrogen (secondary N) is 2. The smallest absolute Gasteiger partial charge is 0.302 e. The third kappa shape index (κ3) is 2.43. The molecule has 2 aromatic rings. The lowest BCUT2D eigenvalue weighted by Gasteiger charge is -2.37. The molecule has 2 heterocycles. The lowest BCUT2D eigenvalue weighted by atomic mass is 9.78. The first-order chi connectivity index (χ1) is 12.6. The molecule has 0 saturated heterocycles. The van der Waals surface area contributed by atoms with Crippen molar-refractivity contribution in [1.29, 1.82) is 0 Å². The van der Waals surface area contributed by atoms with E-state index in [9.17, 15) is 4.79 Å². The van der Waals surface area contributed by atoms with Crippen LogP contribution in [0.2, 0.25) is 0 Å². The van der Waals surface area contributed by atoms with Crippen LogP contribution in [0.5, 0.6) is 0 Å². The number of guanidine groups is 1. The van der Waals surface area contributed by atoms with Crippen LogP contribution in [0.25, 0.3) is 11.1 Å². The standard InChI is InChI=1S/C20H22N4O2/c1-12-7-8-13-16(11-12)26-19(22-13)23-18-21-14-5-4-6-15(25)17(14)20(24-18)9-2-3-10-20/h7-8,11H,2-6,9-10H2,1H3,(H2,21,22,23,24). The highest BCUT2D eigenvalue weighted by Gasteiger charge is 2.45. The lowest BCUT2D eigenvalue weighted by molar-refractivity contribution is -0.116. The van der Waals surface area contributed by atoms with Gasteiger partial charge in [-0.15, -0.1) is 0 Å². The van der Waals surface area contributed by atoms with E-state index in [1.165, 1.54) is 0 Å². The number of allylic oxidation sites excluding steroid dienone is 1. The zero-order chi connectivity index (χ0) is 17.7. The van der Waals surface area contributed by atoms with Gasteiger partial charge in [-0.05, 0) is 50.3 Å². The fraction of sp³-hybridized carbons (Fsp3) is 0.450. The second-order valence-electron chi connectivity index (χ2n) is 7.57. The average Bonchev–Trinajstić information content (AvgIpc) is 3.21. The van der Waals surface area contributed by atoms with Crippen LogP contribution in [0.1, 0.15) is 50.5 Å². The summed E-state index contributed by atoms with van der Waals surface area (Å²) in [6.45, 7) is 2.03. The van der Waals surface area contributed by atoms with Crippen molar-refractivity contribution < 1.29 is 9.21 Å². The van der Waals surface area contributed by atoms with Crippen LogP contribution in [-0.4, -0.2) is 22.3 Å². The van der Waals surface area contributed by atoms with Crippen LogP contribution in [0, 0.1) is 6.92 Å². The van der Waals surface area contributed by atoms with Gasteiger partial charge in [0.25, 0.3) is 0 Å². The Labute approximate surface area is 151 Å². The molecule has 0 unspecified atom stereocenters. The number of oxazole rings is 1. The number of Topliss-reactive ketones (excluding diaryl/α,β-unsaturated/α-hetero) is 1. The molecule has 0 radical (unpaired) electrons. The summed E-state index contributed by atoms with van der Waals surface area (Å²) >= 11 is 0. The SMILES string of the molecule is Cc1ccc2nc(NC3=NC4(CCCC4)C4=C(CCCC4=O)N3)oc2c1. The highest BCUT2D eigenvalue weighted by atomic mass is 16.4. The molecule has 2 aliphatic carbocycles. The van der Waals surface area contributed by atoms with Crippen molar-refractivity contribution >= 4 is 28.9 Å². The van der Waals surface area contributed by atoms with Crippen molar-refractivity contribution in [3.8, 4) is 0 Å². The number of benzene rings is 1. The number of nitrogens with zero attached hydrogens (tertiary/aromatic N) is 2. The predicted octanol–water partition coefficient (Wildman–Crippen LogP) is 3.83. The number of hydrogen-bond acceptors (Lipinski definition) is 6. The van der Waals surface area contributed by atoms with Crippen LogP contribution in [0.4, 0.5) is 6.01 Å². The minimum Gasteiger partial charge on any atom is -0.423 e. The van der Waals surface area contributed by atoms with Gasteiger partial charge in [-0.25, -0.2) is 4.99 Å².